The SMILES string of the molecule is CCNC(=NCc1ccc(Cl)cc1)NCc1coc(-c2ccccc2)n1. The van der Waals surface area contributed by atoms with Crippen LogP contribution in [0.2, 0.25) is 5.02 Å². The van der Waals surface area contributed by atoms with Gasteiger partial charge in [0, 0.05) is 17.1 Å². The van der Waals surface area contributed by atoms with Gasteiger partial charge in [0.1, 0.15) is 6.26 Å². The molecule has 1 aromatic heterocycles. The molecule has 26 heavy (non-hydrogen) atoms. The molecule has 0 saturated carbocycles. The lowest BCUT2D eigenvalue weighted by molar-refractivity contribution is 0.572. The summed E-state index contributed by atoms with van der Waals surface area (Å²) < 4.78 is 5.56. The van der Waals surface area contributed by atoms with E-state index >= 15 is 0 Å². The van der Waals surface area contributed by atoms with Gasteiger partial charge in [0.15, 0.2) is 5.96 Å². The van der Waals surface area contributed by atoms with Crippen molar-refractivity contribution < 1.29 is 4.42 Å². The van der Waals surface area contributed by atoms with Crippen molar-refractivity contribution >= 4 is 17.6 Å². The Bertz CT molecular complexity index is 844. The average molecular weight is 369 g/mol. The van der Waals surface area contributed by atoms with Gasteiger partial charge in [-0.25, -0.2) is 9.98 Å². The molecule has 3 aromatic rings. The smallest absolute Gasteiger partial charge is 0.226 e. The third kappa shape index (κ3) is 5.10. The van der Waals surface area contributed by atoms with E-state index in [1.54, 1.807) is 6.26 Å². The molecular formula is C20H21ClN4O. The van der Waals surface area contributed by atoms with Crippen LogP contribution in [-0.2, 0) is 13.1 Å². The quantitative estimate of drug-likeness (QED) is 0.504. The number of aromatic nitrogens is 1. The maximum atomic E-state index is 5.91. The van der Waals surface area contributed by atoms with Crippen molar-refractivity contribution in [3.05, 3.63) is 77.1 Å². The van der Waals surface area contributed by atoms with E-state index in [2.05, 4.69) is 20.6 Å². The summed E-state index contributed by atoms with van der Waals surface area (Å²) in [5.74, 6) is 1.34. The Balaban J connectivity index is 1.61. The van der Waals surface area contributed by atoms with E-state index in [9.17, 15) is 0 Å². The predicted octanol–water partition coefficient (Wildman–Crippen LogP) is 4.25. The molecule has 0 fully saturated rings. The number of hydrogen-bond donors (Lipinski definition) is 2. The Kier molecular flexibility index (Phi) is 6.28. The van der Waals surface area contributed by atoms with Gasteiger partial charge >= 0.3 is 0 Å². The molecule has 6 heteroatoms. The number of nitrogens with zero attached hydrogens (tertiary/aromatic N) is 2. The fourth-order valence-corrected chi connectivity index (χ4v) is 2.50. The second-order valence-electron chi connectivity index (χ2n) is 5.69. The highest BCUT2D eigenvalue weighted by Gasteiger charge is 2.07. The molecule has 0 bridgehead atoms. The highest BCUT2D eigenvalue weighted by atomic mass is 35.5. The van der Waals surface area contributed by atoms with Crippen LogP contribution < -0.4 is 10.6 Å². The zero-order chi connectivity index (χ0) is 18.2. The lowest BCUT2D eigenvalue weighted by atomic mass is 10.2. The molecule has 0 saturated heterocycles. The first kappa shape index (κ1) is 18.0. The van der Waals surface area contributed by atoms with Crippen molar-refractivity contribution in [3.63, 3.8) is 0 Å². The Morgan fingerprint density at radius 2 is 1.85 bits per heavy atom. The number of rotatable bonds is 6. The largest absolute Gasteiger partial charge is 0.444 e. The molecule has 0 atom stereocenters. The predicted molar refractivity (Wildman–Crippen MR) is 105 cm³/mol. The molecule has 0 aliphatic rings. The van der Waals surface area contributed by atoms with Crippen molar-refractivity contribution in [1.29, 1.82) is 0 Å². The number of hydrogen-bond acceptors (Lipinski definition) is 3. The molecule has 2 N–H and O–H groups in total. The van der Waals surface area contributed by atoms with Crippen LogP contribution in [0.1, 0.15) is 18.2 Å². The van der Waals surface area contributed by atoms with Crippen LogP contribution in [-0.4, -0.2) is 17.5 Å². The van der Waals surface area contributed by atoms with E-state index in [0.29, 0.717) is 19.0 Å². The number of nitrogens with one attached hydrogen (secondary N) is 2. The van der Waals surface area contributed by atoms with Crippen molar-refractivity contribution in [2.24, 2.45) is 4.99 Å². The lowest BCUT2D eigenvalue weighted by Gasteiger charge is -2.10. The summed E-state index contributed by atoms with van der Waals surface area (Å²) >= 11 is 5.91. The van der Waals surface area contributed by atoms with Gasteiger partial charge in [-0.3, -0.25) is 0 Å². The van der Waals surface area contributed by atoms with Crippen LogP contribution in [0.5, 0.6) is 0 Å². The van der Waals surface area contributed by atoms with Gasteiger partial charge in [0.2, 0.25) is 5.89 Å². The van der Waals surface area contributed by atoms with Gasteiger partial charge in [-0.2, -0.15) is 0 Å². The lowest BCUT2D eigenvalue weighted by Crippen LogP contribution is -2.36. The van der Waals surface area contributed by atoms with Crippen LogP contribution in [0.3, 0.4) is 0 Å². The van der Waals surface area contributed by atoms with E-state index in [-0.39, 0.29) is 0 Å². The maximum absolute atomic E-state index is 5.91. The molecule has 2 aromatic carbocycles. The summed E-state index contributed by atoms with van der Waals surface area (Å²) in [4.78, 5) is 9.10. The van der Waals surface area contributed by atoms with Crippen molar-refractivity contribution in [2.75, 3.05) is 6.54 Å². The van der Waals surface area contributed by atoms with E-state index in [1.165, 1.54) is 0 Å². The molecule has 0 amide bonds. The molecule has 0 unspecified atom stereocenters. The number of aliphatic imine (C=N–C) groups is 1. The van der Waals surface area contributed by atoms with Crippen LogP contribution in [0.15, 0.2) is 70.3 Å². The molecular weight excluding hydrogens is 348 g/mol. The average Bonchev–Trinajstić information content (AvgIpc) is 3.15. The van der Waals surface area contributed by atoms with Crippen molar-refractivity contribution in [2.45, 2.75) is 20.0 Å². The minimum Gasteiger partial charge on any atom is -0.444 e. The summed E-state index contributed by atoms with van der Waals surface area (Å²) in [7, 11) is 0. The molecule has 0 aliphatic carbocycles. The fraction of sp³-hybridized carbons (Fsp3) is 0.200. The standard InChI is InChI=1S/C20H21ClN4O/c1-2-22-20(23-12-15-8-10-17(21)11-9-15)24-13-18-14-26-19(25-18)16-6-4-3-5-7-16/h3-11,14H,2,12-13H2,1H3,(H2,22,23,24). The van der Waals surface area contributed by atoms with Crippen LogP contribution in [0, 0.1) is 0 Å². The van der Waals surface area contributed by atoms with E-state index < -0.39 is 0 Å². The van der Waals surface area contributed by atoms with Gasteiger partial charge in [-0.05, 0) is 36.8 Å². The summed E-state index contributed by atoms with van der Waals surface area (Å²) in [6.07, 6.45) is 1.66. The monoisotopic (exact) mass is 368 g/mol. The fourth-order valence-electron chi connectivity index (χ4n) is 2.38. The molecule has 5 nitrogen and oxygen atoms in total. The first-order chi connectivity index (χ1) is 12.7. The highest BCUT2D eigenvalue weighted by molar-refractivity contribution is 6.30. The van der Waals surface area contributed by atoms with Crippen LogP contribution in [0.4, 0.5) is 0 Å². The Morgan fingerprint density at radius 3 is 2.58 bits per heavy atom. The zero-order valence-corrected chi connectivity index (χ0v) is 15.3. The third-order valence-corrected chi connectivity index (χ3v) is 3.94. The number of halogens is 1. The van der Waals surface area contributed by atoms with Crippen LogP contribution >= 0.6 is 11.6 Å². The normalized spacial score (nSPS) is 11.4. The molecule has 0 spiro atoms. The van der Waals surface area contributed by atoms with Gasteiger partial charge in [0.05, 0.1) is 18.8 Å². The minimum atomic E-state index is 0.531. The Morgan fingerprint density at radius 1 is 1.08 bits per heavy atom. The third-order valence-electron chi connectivity index (χ3n) is 3.69. The summed E-state index contributed by atoms with van der Waals surface area (Å²) in [6, 6.07) is 17.5. The number of oxazole rings is 1. The minimum absolute atomic E-state index is 0.531. The van der Waals surface area contributed by atoms with Gasteiger partial charge in [-0.15, -0.1) is 0 Å². The summed E-state index contributed by atoms with van der Waals surface area (Å²) in [6.45, 7) is 3.91. The topological polar surface area (TPSA) is 62.5 Å². The van der Waals surface area contributed by atoms with E-state index in [0.717, 1.165) is 34.3 Å². The summed E-state index contributed by atoms with van der Waals surface area (Å²) in [5, 5.41) is 7.23. The van der Waals surface area contributed by atoms with Gasteiger partial charge < -0.3 is 15.1 Å². The molecule has 3 rings (SSSR count). The van der Waals surface area contributed by atoms with Crippen LogP contribution in [0.25, 0.3) is 11.5 Å². The molecule has 0 aliphatic heterocycles. The Hall–Kier alpha value is -2.79. The van der Waals surface area contributed by atoms with Gasteiger partial charge in [-0.1, -0.05) is 41.9 Å². The Labute approximate surface area is 158 Å². The second kappa shape index (κ2) is 9.06. The first-order valence-electron chi connectivity index (χ1n) is 8.51. The number of guanidine groups is 1. The second-order valence-corrected chi connectivity index (χ2v) is 6.12. The maximum Gasteiger partial charge on any atom is 0.226 e. The number of benzene rings is 2. The molecule has 1 heterocycles. The van der Waals surface area contributed by atoms with Gasteiger partial charge in [0.25, 0.3) is 0 Å². The summed E-state index contributed by atoms with van der Waals surface area (Å²) in [5.41, 5.74) is 2.88. The van der Waals surface area contributed by atoms with Crippen molar-refractivity contribution in [3.8, 4) is 11.5 Å². The zero-order valence-electron chi connectivity index (χ0n) is 14.6. The van der Waals surface area contributed by atoms with E-state index in [4.69, 9.17) is 16.0 Å². The first-order valence-corrected chi connectivity index (χ1v) is 8.89. The molecule has 0 radical (unpaired) electrons. The van der Waals surface area contributed by atoms with Crippen molar-refractivity contribution in [1.82, 2.24) is 15.6 Å². The molecule has 134 valence electrons. The highest BCUT2D eigenvalue weighted by Crippen LogP contribution is 2.17. The van der Waals surface area contributed by atoms with E-state index in [1.807, 2.05) is 61.5 Å².